The Hall–Kier alpha value is -0.590. The molecule has 0 saturated heterocycles. The minimum absolute atomic E-state index is 0.299. The average molecular weight is 154 g/mol. The summed E-state index contributed by atoms with van der Waals surface area (Å²) >= 11 is 0. The number of allylic oxidation sites excluding steroid dienone is 1. The smallest absolute Gasteiger partial charge is 0.142 e. The van der Waals surface area contributed by atoms with Gasteiger partial charge in [0.2, 0.25) is 0 Å². The quantitative estimate of drug-likeness (QED) is 0.569. The van der Waals surface area contributed by atoms with Crippen LogP contribution in [0, 0.1) is 5.41 Å². The minimum Gasteiger partial charge on any atom is -0.299 e. The van der Waals surface area contributed by atoms with E-state index in [9.17, 15) is 4.79 Å². The zero-order valence-corrected chi connectivity index (χ0v) is 8.03. The molecular formula is C10H18O. The molecule has 0 bridgehead atoms. The molecule has 0 unspecified atom stereocenters. The van der Waals surface area contributed by atoms with Crippen molar-refractivity contribution in [2.75, 3.05) is 0 Å². The van der Waals surface area contributed by atoms with Crippen molar-refractivity contribution in [3.8, 4) is 0 Å². The Kier molecular flexibility index (Phi) is 3.50. The van der Waals surface area contributed by atoms with Crippen molar-refractivity contribution in [1.82, 2.24) is 0 Å². The summed E-state index contributed by atoms with van der Waals surface area (Å²) in [5.41, 5.74) is 0.631. The van der Waals surface area contributed by atoms with Crippen molar-refractivity contribution in [3.63, 3.8) is 0 Å². The number of ketones is 1. The van der Waals surface area contributed by atoms with Crippen LogP contribution in [0.3, 0.4) is 0 Å². The second-order valence-electron chi connectivity index (χ2n) is 3.58. The highest BCUT2D eigenvalue weighted by molar-refractivity contribution is 5.86. The van der Waals surface area contributed by atoms with E-state index in [1.807, 2.05) is 27.7 Å². The van der Waals surface area contributed by atoms with Crippen LogP contribution in [0.1, 0.15) is 40.5 Å². The zero-order chi connectivity index (χ0) is 9.07. The van der Waals surface area contributed by atoms with Gasteiger partial charge in [0.05, 0.1) is 0 Å². The maximum Gasteiger partial charge on any atom is 0.142 e. The highest BCUT2D eigenvalue weighted by Gasteiger charge is 2.26. The normalized spacial score (nSPS) is 11.3. The first-order valence-corrected chi connectivity index (χ1v) is 4.12. The lowest BCUT2D eigenvalue weighted by Gasteiger charge is -2.22. The van der Waals surface area contributed by atoms with Crippen LogP contribution in [-0.4, -0.2) is 5.78 Å². The summed E-state index contributed by atoms with van der Waals surface area (Å²) in [7, 11) is 0. The fourth-order valence-electron chi connectivity index (χ4n) is 0.778. The van der Waals surface area contributed by atoms with E-state index in [0.29, 0.717) is 12.2 Å². The molecule has 0 saturated carbocycles. The van der Waals surface area contributed by atoms with E-state index in [1.54, 1.807) is 0 Å². The molecule has 0 aliphatic rings. The predicted octanol–water partition coefficient (Wildman–Crippen LogP) is 2.96. The molecular weight excluding hydrogens is 136 g/mol. The molecule has 1 nitrogen and oxygen atoms in total. The van der Waals surface area contributed by atoms with Gasteiger partial charge in [-0.05, 0) is 27.2 Å². The molecule has 11 heavy (non-hydrogen) atoms. The van der Waals surface area contributed by atoms with Crippen LogP contribution >= 0.6 is 0 Å². The number of Topliss-reactive ketones (excluding diaryl/α,β-unsaturated/α-hetero) is 1. The molecule has 0 aliphatic heterocycles. The van der Waals surface area contributed by atoms with Gasteiger partial charge in [0.1, 0.15) is 5.78 Å². The summed E-state index contributed by atoms with van der Waals surface area (Å²) in [4.78, 5) is 11.4. The predicted molar refractivity (Wildman–Crippen MR) is 48.5 cm³/mol. The third-order valence-electron chi connectivity index (χ3n) is 2.24. The molecule has 0 aliphatic carbocycles. The number of carbonyl (C=O) groups is 1. The van der Waals surface area contributed by atoms with Gasteiger partial charge in [-0.15, -0.1) is 0 Å². The molecule has 0 heterocycles. The lowest BCUT2D eigenvalue weighted by atomic mass is 9.80. The van der Waals surface area contributed by atoms with E-state index >= 15 is 0 Å². The largest absolute Gasteiger partial charge is 0.299 e. The third-order valence-corrected chi connectivity index (χ3v) is 2.24. The molecule has 0 radical (unpaired) electrons. The Balaban J connectivity index is 4.30. The van der Waals surface area contributed by atoms with E-state index in [2.05, 4.69) is 6.58 Å². The fourth-order valence-corrected chi connectivity index (χ4v) is 0.778. The lowest BCUT2D eigenvalue weighted by molar-refractivity contribution is -0.125. The molecule has 0 N–H and O–H groups in total. The Morgan fingerprint density at radius 3 is 2.18 bits per heavy atom. The Labute approximate surface area is 69.5 Å². The SMILES string of the molecule is C=C(C)C(C)(C)C(=O)CCC. The monoisotopic (exact) mass is 154 g/mol. The Morgan fingerprint density at radius 1 is 1.45 bits per heavy atom. The van der Waals surface area contributed by atoms with E-state index < -0.39 is 0 Å². The summed E-state index contributed by atoms with van der Waals surface area (Å²) < 4.78 is 0. The molecule has 0 aromatic heterocycles. The molecule has 0 aromatic carbocycles. The van der Waals surface area contributed by atoms with Crippen LogP contribution < -0.4 is 0 Å². The topological polar surface area (TPSA) is 17.1 Å². The van der Waals surface area contributed by atoms with Crippen LogP contribution in [0.5, 0.6) is 0 Å². The standard InChI is InChI=1S/C10H18O/c1-6-7-9(11)10(4,5)8(2)3/h2,6-7H2,1,3-5H3. The van der Waals surface area contributed by atoms with Gasteiger partial charge in [-0.1, -0.05) is 19.1 Å². The third kappa shape index (κ3) is 2.49. The second kappa shape index (κ2) is 3.70. The average Bonchev–Trinajstić information content (AvgIpc) is 1.88. The molecule has 0 aromatic rings. The number of rotatable bonds is 4. The van der Waals surface area contributed by atoms with E-state index in [1.165, 1.54) is 0 Å². The fraction of sp³-hybridized carbons (Fsp3) is 0.700. The van der Waals surface area contributed by atoms with Gasteiger partial charge in [-0.25, -0.2) is 0 Å². The first kappa shape index (κ1) is 10.4. The lowest BCUT2D eigenvalue weighted by Crippen LogP contribution is -2.24. The second-order valence-corrected chi connectivity index (χ2v) is 3.58. The molecule has 0 amide bonds. The number of carbonyl (C=O) groups excluding carboxylic acids is 1. The molecule has 0 rings (SSSR count). The molecule has 0 fully saturated rings. The van der Waals surface area contributed by atoms with Crippen molar-refractivity contribution in [2.24, 2.45) is 5.41 Å². The van der Waals surface area contributed by atoms with Crippen LogP contribution in [-0.2, 0) is 4.79 Å². The van der Waals surface area contributed by atoms with Gasteiger partial charge < -0.3 is 0 Å². The van der Waals surface area contributed by atoms with Gasteiger partial charge in [0.25, 0.3) is 0 Å². The number of hydrogen-bond acceptors (Lipinski definition) is 1. The molecule has 64 valence electrons. The highest BCUT2D eigenvalue weighted by atomic mass is 16.1. The summed E-state index contributed by atoms with van der Waals surface area (Å²) in [5, 5.41) is 0. The van der Waals surface area contributed by atoms with Crippen molar-refractivity contribution in [3.05, 3.63) is 12.2 Å². The summed E-state index contributed by atoms with van der Waals surface area (Å²) in [6, 6.07) is 0. The summed E-state index contributed by atoms with van der Waals surface area (Å²) in [5.74, 6) is 0.299. The van der Waals surface area contributed by atoms with Crippen molar-refractivity contribution >= 4 is 5.78 Å². The first-order chi connectivity index (χ1) is 4.92. The highest BCUT2D eigenvalue weighted by Crippen LogP contribution is 2.27. The first-order valence-electron chi connectivity index (χ1n) is 4.12. The van der Waals surface area contributed by atoms with Crippen molar-refractivity contribution in [2.45, 2.75) is 40.5 Å². The molecule has 0 atom stereocenters. The van der Waals surface area contributed by atoms with Crippen molar-refractivity contribution < 1.29 is 4.79 Å². The van der Waals surface area contributed by atoms with E-state index in [4.69, 9.17) is 0 Å². The van der Waals surface area contributed by atoms with Gasteiger partial charge in [0, 0.05) is 11.8 Å². The van der Waals surface area contributed by atoms with Gasteiger partial charge in [-0.2, -0.15) is 0 Å². The van der Waals surface area contributed by atoms with Crippen LogP contribution in [0.2, 0.25) is 0 Å². The van der Waals surface area contributed by atoms with Gasteiger partial charge in [-0.3, -0.25) is 4.79 Å². The van der Waals surface area contributed by atoms with Gasteiger partial charge >= 0.3 is 0 Å². The van der Waals surface area contributed by atoms with Gasteiger partial charge in [0.15, 0.2) is 0 Å². The Bertz CT molecular complexity index is 166. The molecule has 1 heteroatoms. The number of hydrogen-bond donors (Lipinski definition) is 0. The van der Waals surface area contributed by atoms with E-state index in [-0.39, 0.29) is 5.41 Å². The Morgan fingerprint density at radius 2 is 1.91 bits per heavy atom. The van der Waals surface area contributed by atoms with E-state index in [0.717, 1.165) is 12.0 Å². The maximum absolute atomic E-state index is 11.4. The molecule has 0 spiro atoms. The maximum atomic E-state index is 11.4. The zero-order valence-electron chi connectivity index (χ0n) is 8.03. The summed E-state index contributed by atoms with van der Waals surface area (Å²) in [6.45, 7) is 11.6. The summed E-state index contributed by atoms with van der Waals surface area (Å²) in [6.07, 6.45) is 1.59. The van der Waals surface area contributed by atoms with Crippen molar-refractivity contribution in [1.29, 1.82) is 0 Å². The van der Waals surface area contributed by atoms with Crippen LogP contribution in [0.15, 0.2) is 12.2 Å². The minimum atomic E-state index is -0.323. The van der Waals surface area contributed by atoms with Crippen LogP contribution in [0.4, 0.5) is 0 Å². The van der Waals surface area contributed by atoms with Crippen LogP contribution in [0.25, 0.3) is 0 Å².